The predicted octanol–water partition coefficient (Wildman–Crippen LogP) is 1.60. The third-order valence-corrected chi connectivity index (χ3v) is 4.27. The molecule has 4 amide bonds. The lowest BCUT2D eigenvalue weighted by molar-refractivity contribution is -0.144. The minimum atomic E-state index is -0.792. The van der Waals surface area contributed by atoms with Gasteiger partial charge in [0.1, 0.15) is 0 Å². The Balaban J connectivity index is 2.14. The Hall–Kier alpha value is -2.61. The highest BCUT2D eigenvalue weighted by Crippen LogP contribution is 2.30. The number of aryl methyl sites for hydroxylation is 1. The van der Waals surface area contributed by atoms with Gasteiger partial charge in [-0.05, 0) is 51.1 Å². The average molecular weight is 363 g/mol. The maximum Gasteiger partial charge on any atom is 0.335 e. The summed E-state index contributed by atoms with van der Waals surface area (Å²) in [7, 11) is 4.92. The summed E-state index contributed by atoms with van der Waals surface area (Å²) in [5, 5.41) is 0. The van der Waals surface area contributed by atoms with Crippen LogP contribution in [-0.2, 0) is 16.1 Å². The molecule has 0 spiro atoms. The molecule has 0 saturated carbocycles. The Morgan fingerprint density at radius 3 is 2.12 bits per heavy atom. The van der Waals surface area contributed by atoms with E-state index < -0.39 is 17.8 Å². The number of carbonyl (C=O) groups is 3. The number of ether oxygens (including phenoxy) is 2. The van der Waals surface area contributed by atoms with Gasteiger partial charge in [-0.1, -0.05) is 0 Å². The molecule has 0 N–H and O–H groups in total. The summed E-state index contributed by atoms with van der Waals surface area (Å²) in [4.78, 5) is 40.2. The molecule has 1 aliphatic heterocycles. The van der Waals surface area contributed by atoms with E-state index in [9.17, 15) is 14.4 Å². The smallest absolute Gasteiger partial charge is 0.335 e. The number of hydrogen-bond donors (Lipinski definition) is 0. The van der Waals surface area contributed by atoms with Crippen LogP contribution in [0.4, 0.5) is 4.79 Å². The van der Waals surface area contributed by atoms with Gasteiger partial charge in [0.05, 0.1) is 20.9 Å². The molecule has 0 aromatic heterocycles. The van der Waals surface area contributed by atoms with Crippen LogP contribution in [0.2, 0.25) is 0 Å². The molecule has 1 aromatic carbocycles. The Morgan fingerprint density at radius 2 is 1.62 bits per heavy atom. The van der Waals surface area contributed by atoms with Gasteiger partial charge in [-0.25, -0.2) is 9.69 Å². The minimum Gasteiger partial charge on any atom is -0.493 e. The van der Waals surface area contributed by atoms with E-state index in [1.54, 1.807) is 40.0 Å². The number of benzene rings is 1. The molecule has 0 bridgehead atoms. The van der Waals surface area contributed by atoms with Crippen LogP contribution in [0, 0.1) is 6.92 Å². The first-order chi connectivity index (χ1) is 12.2. The summed E-state index contributed by atoms with van der Waals surface area (Å²) in [5.41, 5.74) is 1.96. The highest BCUT2D eigenvalue weighted by Gasteiger charge is 2.45. The largest absolute Gasteiger partial charge is 0.493 e. The SMILES string of the molecule is COc1cc(C)c(CN(C)CN2C(=O)C(=O)N(C(C)C)C2=O)cc1OC. The summed E-state index contributed by atoms with van der Waals surface area (Å²) in [6.07, 6.45) is 0. The van der Waals surface area contributed by atoms with E-state index >= 15 is 0 Å². The van der Waals surface area contributed by atoms with Crippen LogP contribution < -0.4 is 9.47 Å². The molecule has 1 aromatic rings. The van der Waals surface area contributed by atoms with Crippen molar-refractivity contribution in [1.82, 2.24) is 14.7 Å². The maximum atomic E-state index is 12.4. The van der Waals surface area contributed by atoms with E-state index in [2.05, 4.69) is 0 Å². The predicted molar refractivity (Wildman–Crippen MR) is 94.8 cm³/mol. The van der Waals surface area contributed by atoms with Crippen molar-refractivity contribution in [3.8, 4) is 11.5 Å². The second-order valence-corrected chi connectivity index (χ2v) is 6.57. The van der Waals surface area contributed by atoms with Crippen molar-refractivity contribution in [3.63, 3.8) is 0 Å². The highest BCUT2D eigenvalue weighted by atomic mass is 16.5. The van der Waals surface area contributed by atoms with Crippen molar-refractivity contribution in [2.75, 3.05) is 27.9 Å². The van der Waals surface area contributed by atoms with Gasteiger partial charge in [0.15, 0.2) is 11.5 Å². The minimum absolute atomic E-state index is 0.0282. The van der Waals surface area contributed by atoms with Gasteiger partial charge in [-0.3, -0.25) is 19.4 Å². The molecule has 1 fully saturated rings. The van der Waals surface area contributed by atoms with Gasteiger partial charge >= 0.3 is 17.8 Å². The molecule has 0 unspecified atom stereocenters. The topological polar surface area (TPSA) is 79.4 Å². The summed E-state index contributed by atoms with van der Waals surface area (Å²) in [6, 6.07) is 2.80. The molecule has 0 radical (unpaired) electrons. The van der Waals surface area contributed by atoms with Crippen LogP contribution in [0.15, 0.2) is 12.1 Å². The maximum absolute atomic E-state index is 12.4. The number of hydrogen-bond acceptors (Lipinski definition) is 6. The normalized spacial score (nSPS) is 14.8. The number of nitrogens with zero attached hydrogens (tertiary/aromatic N) is 3. The van der Waals surface area contributed by atoms with Crippen molar-refractivity contribution >= 4 is 17.8 Å². The van der Waals surface area contributed by atoms with Crippen LogP contribution in [0.25, 0.3) is 0 Å². The Kier molecular flexibility index (Phi) is 5.86. The first-order valence-electron chi connectivity index (χ1n) is 8.30. The van der Waals surface area contributed by atoms with Gasteiger partial charge in [-0.15, -0.1) is 0 Å². The van der Waals surface area contributed by atoms with Crippen molar-refractivity contribution in [1.29, 1.82) is 0 Å². The van der Waals surface area contributed by atoms with Crippen molar-refractivity contribution in [3.05, 3.63) is 23.3 Å². The van der Waals surface area contributed by atoms with Gasteiger partial charge in [-0.2, -0.15) is 0 Å². The summed E-state index contributed by atoms with van der Waals surface area (Å²) < 4.78 is 10.6. The molecule has 26 heavy (non-hydrogen) atoms. The fourth-order valence-corrected chi connectivity index (χ4v) is 2.88. The second-order valence-electron chi connectivity index (χ2n) is 6.57. The Morgan fingerprint density at radius 1 is 1.04 bits per heavy atom. The number of amides is 4. The fourth-order valence-electron chi connectivity index (χ4n) is 2.88. The Labute approximate surface area is 153 Å². The van der Waals surface area contributed by atoms with Crippen LogP contribution in [0.5, 0.6) is 11.5 Å². The van der Waals surface area contributed by atoms with E-state index in [1.807, 2.05) is 19.1 Å². The number of carbonyl (C=O) groups excluding carboxylic acids is 3. The van der Waals surface area contributed by atoms with Crippen LogP contribution in [0.3, 0.4) is 0 Å². The van der Waals surface area contributed by atoms with Gasteiger partial charge in [0.25, 0.3) is 0 Å². The number of rotatable bonds is 7. The van der Waals surface area contributed by atoms with Crippen molar-refractivity contribution in [2.24, 2.45) is 0 Å². The van der Waals surface area contributed by atoms with E-state index in [-0.39, 0.29) is 12.7 Å². The highest BCUT2D eigenvalue weighted by molar-refractivity contribution is 6.44. The molecular weight excluding hydrogens is 338 g/mol. The van der Waals surface area contributed by atoms with E-state index in [0.29, 0.717) is 18.0 Å². The van der Waals surface area contributed by atoms with Crippen LogP contribution in [-0.4, -0.2) is 66.5 Å². The van der Waals surface area contributed by atoms with Gasteiger partial charge in [0, 0.05) is 12.6 Å². The third-order valence-electron chi connectivity index (χ3n) is 4.27. The van der Waals surface area contributed by atoms with E-state index in [4.69, 9.17) is 9.47 Å². The summed E-state index contributed by atoms with van der Waals surface area (Å²) in [5.74, 6) is -0.323. The summed E-state index contributed by atoms with van der Waals surface area (Å²) in [6.45, 7) is 5.84. The Bertz CT molecular complexity index is 732. The second kappa shape index (κ2) is 7.74. The fraction of sp³-hybridized carbons (Fsp3) is 0.500. The number of methoxy groups -OCH3 is 2. The number of urea groups is 1. The number of imide groups is 2. The van der Waals surface area contributed by atoms with Crippen LogP contribution >= 0.6 is 0 Å². The lowest BCUT2D eigenvalue weighted by Crippen LogP contribution is -2.42. The van der Waals surface area contributed by atoms with E-state index in [1.165, 1.54) is 0 Å². The molecule has 1 aliphatic rings. The molecule has 0 aliphatic carbocycles. The molecule has 1 heterocycles. The zero-order valence-corrected chi connectivity index (χ0v) is 16.0. The zero-order chi connectivity index (χ0) is 19.6. The van der Waals surface area contributed by atoms with Crippen molar-refractivity contribution < 1.29 is 23.9 Å². The lowest BCUT2D eigenvalue weighted by atomic mass is 10.1. The molecule has 8 nitrogen and oxygen atoms in total. The van der Waals surface area contributed by atoms with Gasteiger partial charge in [0.2, 0.25) is 0 Å². The first kappa shape index (κ1) is 19.7. The van der Waals surface area contributed by atoms with E-state index in [0.717, 1.165) is 20.9 Å². The molecule has 142 valence electrons. The van der Waals surface area contributed by atoms with Crippen LogP contribution in [0.1, 0.15) is 25.0 Å². The molecule has 1 saturated heterocycles. The average Bonchev–Trinajstić information content (AvgIpc) is 2.79. The summed E-state index contributed by atoms with van der Waals surface area (Å²) >= 11 is 0. The molecule has 2 rings (SSSR count). The molecule has 8 heteroatoms. The van der Waals surface area contributed by atoms with Crippen molar-refractivity contribution in [2.45, 2.75) is 33.4 Å². The lowest BCUT2D eigenvalue weighted by Gasteiger charge is -2.24. The third kappa shape index (κ3) is 3.65. The zero-order valence-electron chi connectivity index (χ0n) is 16.0. The van der Waals surface area contributed by atoms with Gasteiger partial charge < -0.3 is 9.47 Å². The molecular formula is C18H25N3O5. The quantitative estimate of drug-likeness (QED) is 0.541. The first-order valence-corrected chi connectivity index (χ1v) is 8.30. The monoisotopic (exact) mass is 363 g/mol. The standard InChI is InChI=1S/C18H25N3O5/c1-11(2)21-17(23)16(22)20(18(21)24)10-19(4)9-13-8-15(26-6)14(25-5)7-12(13)3/h7-8,11H,9-10H2,1-6H3. The molecule has 0 atom stereocenters.